The quantitative estimate of drug-likeness (QED) is 0.380. The first-order chi connectivity index (χ1) is 19.1. The average molecular weight is 525 g/mol. The predicted octanol–water partition coefficient (Wildman–Crippen LogP) is 2.41. The summed E-state index contributed by atoms with van der Waals surface area (Å²) in [5.74, 6) is 1.02. The van der Waals surface area contributed by atoms with Crippen molar-refractivity contribution in [2.75, 3.05) is 50.1 Å². The van der Waals surface area contributed by atoms with Gasteiger partial charge in [0, 0.05) is 49.5 Å². The van der Waals surface area contributed by atoms with Crippen LogP contribution in [0.15, 0.2) is 48.9 Å². The van der Waals surface area contributed by atoms with Crippen molar-refractivity contribution < 1.29 is 14.3 Å². The number of nitrogens with one attached hydrogen (secondary N) is 1. The number of tetrazole rings is 1. The van der Waals surface area contributed by atoms with Crippen LogP contribution in [0.4, 0.5) is 16.2 Å². The fourth-order valence-electron chi connectivity index (χ4n) is 4.37. The second-order valence-corrected chi connectivity index (χ2v) is 8.63. The Morgan fingerprint density at radius 2 is 1.87 bits per heavy atom. The minimum absolute atomic E-state index is 0.219. The van der Waals surface area contributed by atoms with Gasteiger partial charge in [-0.2, -0.15) is 15.3 Å². The zero-order valence-corrected chi connectivity index (χ0v) is 21.1. The van der Waals surface area contributed by atoms with Gasteiger partial charge in [-0.3, -0.25) is 4.98 Å². The van der Waals surface area contributed by atoms with Gasteiger partial charge in [0.05, 0.1) is 42.1 Å². The largest absolute Gasteiger partial charge is 0.493 e. The Morgan fingerprint density at radius 1 is 1.08 bits per heavy atom. The van der Waals surface area contributed by atoms with Crippen molar-refractivity contribution in [2.24, 2.45) is 0 Å². The zero-order valence-electron chi connectivity index (χ0n) is 21.1. The van der Waals surface area contributed by atoms with E-state index >= 15 is 0 Å². The van der Waals surface area contributed by atoms with E-state index in [0.717, 1.165) is 11.1 Å². The van der Waals surface area contributed by atoms with Gasteiger partial charge in [-0.25, -0.2) is 4.79 Å². The molecular weight excluding hydrogens is 500 g/mol. The molecule has 1 N–H and O–H groups in total. The fourth-order valence-corrected chi connectivity index (χ4v) is 4.37. The van der Waals surface area contributed by atoms with E-state index in [1.54, 1.807) is 48.5 Å². The highest BCUT2D eigenvalue weighted by atomic mass is 16.5. The van der Waals surface area contributed by atoms with Crippen molar-refractivity contribution in [1.82, 2.24) is 30.1 Å². The number of rotatable bonds is 7. The Kier molecular flexibility index (Phi) is 7.32. The number of anilines is 2. The lowest BCUT2D eigenvalue weighted by molar-refractivity contribution is 0.208. The summed E-state index contributed by atoms with van der Waals surface area (Å²) in [6.07, 6.45) is 2.91. The van der Waals surface area contributed by atoms with Gasteiger partial charge in [-0.15, -0.1) is 10.2 Å². The molecule has 0 bridgehead atoms. The topological polar surface area (TPSA) is 158 Å². The van der Waals surface area contributed by atoms with Crippen molar-refractivity contribution in [2.45, 2.75) is 6.54 Å². The van der Waals surface area contributed by atoms with Crippen molar-refractivity contribution >= 4 is 28.3 Å². The number of urea groups is 1. The van der Waals surface area contributed by atoms with Gasteiger partial charge in [0.25, 0.3) is 0 Å². The Bertz CT molecular complexity index is 1550. The van der Waals surface area contributed by atoms with E-state index in [4.69, 9.17) is 14.7 Å². The molecule has 2 aromatic heterocycles. The molecule has 1 aliphatic heterocycles. The van der Waals surface area contributed by atoms with Crippen molar-refractivity contribution in [1.29, 1.82) is 10.5 Å². The van der Waals surface area contributed by atoms with Gasteiger partial charge in [0.15, 0.2) is 17.8 Å². The smallest absolute Gasteiger partial charge is 0.321 e. The summed E-state index contributed by atoms with van der Waals surface area (Å²) in [6.45, 7) is 2.70. The molecule has 2 amide bonds. The highest BCUT2D eigenvalue weighted by Gasteiger charge is 2.25. The number of fused-ring (bicyclic) bond motifs is 1. The maximum absolute atomic E-state index is 12.8. The number of carbonyl (C=O) groups is 1. The summed E-state index contributed by atoms with van der Waals surface area (Å²) >= 11 is 0. The van der Waals surface area contributed by atoms with Crippen molar-refractivity contribution in [3.05, 3.63) is 60.0 Å². The summed E-state index contributed by atoms with van der Waals surface area (Å²) in [7, 11) is 1.56. The molecular formula is C26H24N10O3. The average Bonchev–Trinajstić information content (AvgIpc) is 3.50. The summed E-state index contributed by atoms with van der Waals surface area (Å²) < 4.78 is 11.5. The van der Waals surface area contributed by atoms with Gasteiger partial charge in [-0.05, 0) is 35.5 Å². The molecule has 0 spiro atoms. The van der Waals surface area contributed by atoms with Crippen LogP contribution in [-0.2, 0) is 6.54 Å². The van der Waals surface area contributed by atoms with Crippen LogP contribution < -0.4 is 19.7 Å². The summed E-state index contributed by atoms with van der Waals surface area (Å²) in [4.78, 5) is 22.5. The number of piperazine rings is 1. The zero-order chi connectivity index (χ0) is 27.2. The van der Waals surface area contributed by atoms with Crippen molar-refractivity contribution in [3.63, 3.8) is 0 Å². The first kappa shape index (κ1) is 25.2. The Balaban J connectivity index is 1.32. The molecule has 39 heavy (non-hydrogen) atoms. The fraction of sp³-hybridized carbons (Fsp3) is 0.269. The van der Waals surface area contributed by atoms with E-state index in [9.17, 15) is 10.1 Å². The monoisotopic (exact) mass is 524 g/mol. The van der Waals surface area contributed by atoms with Gasteiger partial charge >= 0.3 is 6.03 Å². The summed E-state index contributed by atoms with van der Waals surface area (Å²) in [5, 5.41) is 33.9. The molecule has 1 saturated heterocycles. The van der Waals surface area contributed by atoms with Crippen LogP contribution in [0.2, 0.25) is 0 Å². The lowest BCUT2D eigenvalue weighted by Gasteiger charge is -2.36. The molecule has 1 aliphatic rings. The van der Waals surface area contributed by atoms with Crippen LogP contribution in [0.25, 0.3) is 10.9 Å². The number of hydrogen-bond acceptors (Lipinski definition) is 10. The first-order valence-electron chi connectivity index (χ1n) is 12.1. The lowest BCUT2D eigenvalue weighted by Crippen LogP contribution is -2.50. The van der Waals surface area contributed by atoms with E-state index < -0.39 is 0 Å². The molecule has 196 valence electrons. The maximum Gasteiger partial charge on any atom is 0.321 e. The van der Waals surface area contributed by atoms with Gasteiger partial charge < -0.3 is 24.6 Å². The van der Waals surface area contributed by atoms with Crippen LogP contribution in [0.1, 0.15) is 11.1 Å². The molecule has 0 saturated carbocycles. The van der Waals surface area contributed by atoms with Crippen LogP contribution >= 0.6 is 0 Å². The Hall–Kier alpha value is -5.43. The normalized spacial score (nSPS) is 13.0. The number of hydrogen-bond donors (Lipinski definition) is 1. The van der Waals surface area contributed by atoms with Crippen LogP contribution in [-0.4, -0.2) is 76.0 Å². The number of methoxy groups -OCH3 is 1. The highest BCUT2D eigenvalue weighted by Crippen LogP contribution is 2.38. The molecule has 1 fully saturated rings. The van der Waals surface area contributed by atoms with Gasteiger partial charge in [-0.1, -0.05) is 0 Å². The second kappa shape index (κ2) is 11.3. The number of ether oxygens (including phenoxy) is 2. The standard InChI is InChI=1S/C26H24N10O3/c1-38-23-12-21-22(13-24(23)39-11-10-36-31-17-30-33-36)29-16-19(15-28)25(21)34-6-8-35(9-7-34)26(37)32-20-4-2-18(14-27)3-5-20/h2-5,12-13,16-17H,6-11H2,1H3,(H,32,37). The van der Waals surface area contributed by atoms with Crippen molar-refractivity contribution in [3.8, 4) is 23.6 Å². The molecule has 0 unspecified atom stereocenters. The number of amides is 2. The number of carbonyl (C=O) groups excluding carboxylic acids is 1. The number of aromatic nitrogens is 5. The SMILES string of the molecule is COc1cc2c(N3CCN(C(=O)Nc4ccc(C#N)cc4)CC3)c(C#N)cnc2cc1OCCn1ncnn1. The molecule has 4 aromatic rings. The molecule has 13 nitrogen and oxygen atoms in total. The molecule has 2 aromatic carbocycles. The summed E-state index contributed by atoms with van der Waals surface area (Å²) in [5.41, 5.74) is 2.98. The molecule has 0 radical (unpaired) electrons. The lowest BCUT2D eigenvalue weighted by atomic mass is 10.1. The minimum Gasteiger partial charge on any atom is -0.493 e. The van der Waals surface area contributed by atoms with E-state index in [2.05, 4.69) is 42.7 Å². The number of pyridine rings is 1. The number of benzene rings is 2. The van der Waals surface area contributed by atoms with E-state index in [-0.39, 0.29) is 6.03 Å². The second-order valence-electron chi connectivity index (χ2n) is 8.63. The summed E-state index contributed by atoms with van der Waals surface area (Å²) in [6, 6.07) is 14.4. The molecule has 3 heterocycles. The van der Waals surface area contributed by atoms with Gasteiger partial charge in [0.2, 0.25) is 0 Å². The van der Waals surface area contributed by atoms with Crippen LogP contribution in [0.3, 0.4) is 0 Å². The van der Waals surface area contributed by atoms with Gasteiger partial charge in [0.1, 0.15) is 12.7 Å². The third-order valence-corrected chi connectivity index (χ3v) is 6.33. The van der Waals surface area contributed by atoms with E-state index in [0.29, 0.717) is 73.2 Å². The van der Waals surface area contributed by atoms with Crippen LogP contribution in [0.5, 0.6) is 11.5 Å². The minimum atomic E-state index is -0.219. The Morgan fingerprint density at radius 3 is 2.54 bits per heavy atom. The number of nitriles is 2. The first-order valence-corrected chi connectivity index (χ1v) is 12.1. The third-order valence-electron chi connectivity index (χ3n) is 6.33. The third kappa shape index (κ3) is 5.47. The molecule has 5 rings (SSSR count). The van der Waals surface area contributed by atoms with E-state index in [1.807, 2.05) is 6.07 Å². The van der Waals surface area contributed by atoms with Crippen LogP contribution in [0, 0.1) is 22.7 Å². The molecule has 0 atom stereocenters. The highest BCUT2D eigenvalue weighted by molar-refractivity contribution is 5.97. The van der Waals surface area contributed by atoms with E-state index in [1.165, 1.54) is 11.1 Å². The molecule has 13 heteroatoms. The predicted molar refractivity (Wildman–Crippen MR) is 140 cm³/mol. The Labute approximate surface area is 223 Å². The molecule has 0 aliphatic carbocycles. The number of nitrogens with zero attached hydrogens (tertiary/aromatic N) is 9. The maximum atomic E-state index is 12.8.